The first-order chi connectivity index (χ1) is 7.33. The van der Waals surface area contributed by atoms with Gasteiger partial charge in [0.15, 0.2) is 0 Å². The van der Waals surface area contributed by atoms with Crippen LogP contribution in [0.25, 0.3) is 0 Å². The maximum Gasteiger partial charge on any atom is 0.123 e. The van der Waals surface area contributed by atoms with E-state index < -0.39 is 0 Å². The quantitative estimate of drug-likeness (QED) is 0.510. The Morgan fingerprint density at radius 2 is 1.80 bits per heavy atom. The summed E-state index contributed by atoms with van der Waals surface area (Å²) < 4.78 is 12.6. The van der Waals surface area contributed by atoms with Crippen molar-refractivity contribution < 1.29 is 4.39 Å². The second kappa shape index (κ2) is 7.06. The Bertz CT molecular complexity index is 327. The van der Waals surface area contributed by atoms with Crippen LogP contribution in [0.5, 0.6) is 0 Å². The molecular formula is C14H17F. The zero-order valence-corrected chi connectivity index (χ0v) is 9.22. The Hall–Kier alpha value is -1.29. The van der Waals surface area contributed by atoms with Gasteiger partial charge in [0.1, 0.15) is 5.82 Å². The third-order valence-corrected chi connectivity index (χ3v) is 2.23. The molecule has 0 N–H and O–H groups in total. The molecule has 0 spiro atoms. The summed E-state index contributed by atoms with van der Waals surface area (Å²) in [6.07, 6.45) is 5.91. The molecule has 0 nitrogen and oxygen atoms in total. The summed E-state index contributed by atoms with van der Waals surface area (Å²) >= 11 is 0. The summed E-state index contributed by atoms with van der Waals surface area (Å²) in [6, 6.07) is 6.32. The Morgan fingerprint density at radius 1 is 1.07 bits per heavy atom. The van der Waals surface area contributed by atoms with Crippen LogP contribution in [0, 0.1) is 17.7 Å². The van der Waals surface area contributed by atoms with Crippen LogP contribution in [0.3, 0.4) is 0 Å². The summed E-state index contributed by atoms with van der Waals surface area (Å²) in [6.45, 7) is 2.20. The molecule has 80 valence electrons. The van der Waals surface area contributed by atoms with Crippen LogP contribution in [0.15, 0.2) is 24.3 Å². The fraction of sp³-hybridized carbons (Fsp3) is 0.429. The monoisotopic (exact) mass is 204 g/mol. The smallest absolute Gasteiger partial charge is 0.123 e. The molecular weight excluding hydrogens is 187 g/mol. The lowest BCUT2D eigenvalue weighted by Crippen LogP contribution is -1.77. The van der Waals surface area contributed by atoms with Crippen LogP contribution < -0.4 is 0 Å². The third kappa shape index (κ3) is 5.22. The minimum absolute atomic E-state index is 0.205. The first kappa shape index (κ1) is 11.8. The molecule has 15 heavy (non-hydrogen) atoms. The molecule has 0 fully saturated rings. The molecule has 0 aliphatic heterocycles. The van der Waals surface area contributed by atoms with Crippen molar-refractivity contribution in [3.8, 4) is 11.8 Å². The standard InChI is InChI=1S/C14H17F/c1-2-3-4-5-6-7-8-13-9-11-14(15)12-10-13/h9-12H,2-6H2,1H3. The van der Waals surface area contributed by atoms with Crippen molar-refractivity contribution in [2.75, 3.05) is 0 Å². The van der Waals surface area contributed by atoms with Gasteiger partial charge < -0.3 is 0 Å². The van der Waals surface area contributed by atoms with Gasteiger partial charge in [-0.1, -0.05) is 38.0 Å². The molecule has 0 saturated carbocycles. The summed E-state index contributed by atoms with van der Waals surface area (Å²) in [7, 11) is 0. The van der Waals surface area contributed by atoms with Gasteiger partial charge in [0.25, 0.3) is 0 Å². The predicted octanol–water partition coefficient (Wildman–Crippen LogP) is 4.15. The molecule has 1 rings (SSSR count). The second-order valence-electron chi connectivity index (χ2n) is 3.62. The molecule has 1 heteroatoms. The molecule has 0 amide bonds. The van der Waals surface area contributed by atoms with E-state index in [2.05, 4.69) is 18.8 Å². The molecule has 0 aromatic heterocycles. The van der Waals surface area contributed by atoms with Gasteiger partial charge in [-0.2, -0.15) is 0 Å². The average molecular weight is 204 g/mol. The van der Waals surface area contributed by atoms with Gasteiger partial charge in [0.05, 0.1) is 0 Å². The van der Waals surface area contributed by atoms with Crippen molar-refractivity contribution in [1.82, 2.24) is 0 Å². The SMILES string of the molecule is CCCCCCC#Cc1ccc(F)cc1. The normalized spacial score (nSPS) is 9.47. The highest BCUT2D eigenvalue weighted by atomic mass is 19.1. The summed E-state index contributed by atoms with van der Waals surface area (Å²) in [5.41, 5.74) is 0.895. The number of benzene rings is 1. The Balaban J connectivity index is 2.28. The van der Waals surface area contributed by atoms with Gasteiger partial charge in [-0.15, -0.1) is 0 Å². The molecule has 0 radical (unpaired) electrons. The van der Waals surface area contributed by atoms with Gasteiger partial charge in [0, 0.05) is 12.0 Å². The topological polar surface area (TPSA) is 0 Å². The number of halogens is 1. The molecule has 0 saturated heterocycles. The van der Waals surface area contributed by atoms with E-state index in [1.807, 2.05) is 0 Å². The molecule has 1 aromatic carbocycles. The number of rotatable bonds is 4. The minimum atomic E-state index is -0.205. The van der Waals surface area contributed by atoms with Gasteiger partial charge in [-0.25, -0.2) is 4.39 Å². The minimum Gasteiger partial charge on any atom is -0.207 e. The van der Waals surface area contributed by atoms with Crippen molar-refractivity contribution in [1.29, 1.82) is 0 Å². The number of unbranched alkanes of at least 4 members (excludes halogenated alkanes) is 4. The van der Waals surface area contributed by atoms with Gasteiger partial charge in [-0.05, 0) is 30.7 Å². The molecule has 0 aliphatic carbocycles. The first-order valence-electron chi connectivity index (χ1n) is 5.57. The van der Waals surface area contributed by atoms with Crippen molar-refractivity contribution in [2.24, 2.45) is 0 Å². The molecule has 0 heterocycles. The van der Waals surface area contributed by atoms with Crippen molar-refractivity contribution in [2.45, 2.75) is 39.0 Å². The number of hydrogen-bond acceptors (Lipinski definition) is 0. The van der Waals surface area contributed by atoms with Crippen LogP contribution in [0.4, 0.5) is 4.39 Å². The fourth-order valence-electron chi connectivity index (χ4n) is 1.34. The van der Waals surface area contributed by atoms with E-state index in [1.165, 1.54) is 37.8 Å². The maximum atomic E-state index is 12.6. The van der Waals surface area contributed by atoms with Gasteiger partial charge in [0.2, 0.25) is 0 Å². The maximum absolute atomic E-state index is 12.6. The summed E-state index contributed by atoms with van der Waals surface area (Å²) in [5, 5.41) is 0. The zero-order valence-electron chi connectivity index (χ0n) is 9.22. The molecule has 0 atom stereocenters. The Kier molecular flexibility index (Phi) is 5.55. The van der Waals surface area contributed by atoms with E-state index in [1.54, 1.807) is 12.1 Å². The highest BCUT2D eigenvalue weighted by molar-refractivity contribution is 5.33. The lowest BCUT2D eigenvalue weighted by atomic mass is 10.1. The number of hydrogen-bond donors (Lipinski definition) is 0. The second-order valence-corrected chi connectivity index (χ2v) is 3.62. The van der Waals surface area contributed by atoms with Crippen LogP contribution in [-0.2, 0) is 0 Å². The van der Waals surface area contributed by atoms with E-state index in [-0.39, 0.29) is 5.82 Å². The highest BCUT2D eigenvalue weighted by Gasteiger charge is 1.88. The predicted molar refractivity (Wildman–Crippen MR) is 62.0 cm³/mol. The van der Waals surface area contributed by atoms with E-state index in [9.17, 15) is 4.39 Å². The molecule has 0 bridgehead atoms. The van der Waals surface area contributed by atoms with Gasteiger partial charge >= 0.3 is 0 Å². The van der Waals surface area contributed by atoms with E-state index in [0.717, 1.165) is 12.0 Å². The summed E-state index contributed by atoms with van der Waals surface area (Å²) in [4.78, 5) is 0. The molecule has 0 unspecified atom stereocenters. The summed E-state index contributed by atoms with van der Waals surface area (Å²) in [5.74, 6) is 5.93. The Morgan fingerprint density at radius 3 is 2.47 bits per heavy atom. The largest absolute Gasteiger partial charge is 0.207 e. The van der Waals surface area contributed by atoms with E-state index in [0.29, 0.717) is 0 Å². The fourth-order valence-corrected chi connectivity index (χ4v) is 1.34. The van der Waals surface area contributed by atoms with E-state index in [4.69, 9.17) is 0 Å². The Labute approximate surface area is 91.5 Å². The van der Waals surface area contributed by atoms with Gasteiger partial charge in [-0.3, -0.25) is 0 Å². The van der Waals surface area contributed by atoms with Crippen molar-refractivity contribution >= 4 is 0 Å². The van der Waals surface area contributed by atoms with E-state index >= 15 is 0 Å². The lowest BCUT2D eigenvalue weighted by molar-refractivity contribution is 0.627. The molecule has 1 aromatic rings. The highest BCUT2D eigenvalue weighted by Crippen LogP contribution is 2.03. The van der Waals surface area contributed by atoms with Crippen LogP contribution in [0.1, 0.15) is 44.6 Å². The third-order valence-electron chi connectivity index (χ3n) is 2.23. The lowest BCUT2D eigenvalue weighted by Gasteiger charge is -1.92. The molecule has 0 aliphatic rings. The zero-order chi connectivity index (χ0) is 10.9. The van der Waals surface area contributed by atoms with Crippen molar-refractivity contribution in [3.63, 3.8) is 0 Å². The van der Waals surface area contributed by atoms with Crippen LogP contribution >= 0.6 is 0 Å². The van der Waals surface area contributed by atoms with Crippen molar-refractivity contribution in [3.05, 3.63) is 35.6 Å². The average Bonchev–Trinajstić information content (AvgIpc) is 2.26. The van der Waals surface area contributed by atoms with Crippen LogP contribution in [0.2, 0.25) is 0 Å². The first-order valence-corrected chi connectivity index (χ1v) is 5.57. The van der Waals surface area contributed by atoms with Crippen LogP contribution in [-0.4, -0.2) is 0 Å².